The van der Waals surface area contributed by atoms with Crippen LogP contribution in [0.3, 0.4) is 0 Å². The van der Waals surface area contributed by atoms with Gasteiger partial charge >= 0.3 is 0 Å². The van der Waals surface area contributed by atoms with Crippen molar-refractivity contribution in [2.24, 2.45) is 0 Å². The predicted octanol–water partition coefficient (Wildman–Crippen LogP) is 2.30. The smallest absolute Gasteiger partial charge is 0.00411 e. The average Bonchev–Trinajstić information content (AvgIpc) is 2.03. The molecule has 0 aliphatic rings. The van der Waals surface area contributed by atoms with Gasteiger partial charge in [-0.3, -0.25) is 0 Å². The lowest BCUT2D eigenvalue weighted by molar-refractivity contribution is 0.647. The Bertz CT molecular complexity index is 83.6. The van der Waals surface area contributed by atoms with E-state index in [9.17, 15) is 0 Å². The summed E-state index contributed by atoms with van der Waals surface area (Å²) >= 11 is 1.91. The molecule has 0 heterocycles. The van der Waals surface area contributed by atoms with Gasteiger partial charge in [-0.25, -0.2) is 0 Å². The highest BCUT2D eigenvalue weighted by Crippen LogP contribution is 1.93. The average molecular weight is 173 g/mol. The molecule has 0 atom stereocenters. The van der Waals surface area contributed by atoms with E-state index in [-0.39, 0.29) is 0 Å². The number of thioether (sulfide) groups is 1. The second kappa shape index (κ2) is 10.0. The lowest BCUT2D eigenvalue weighted by atomic mass is 10.3. The number of hydrogen-bond acceptors (Lipinski definition) is 2. The quantitative estimate of drug-likeness (QED) is 0.446. The predicted molar refractivity (Wildman–Crippen MR) is 55.3 cm³/mol. The van der Waals surface area contributed by atoms with Crippen LogP contribution >= 0.6 is 11.8 Å². The summed E-state index contributed by atoms with van der Waals surface area (Å²) < 4.78 is 0. The van der Waals surface area contributed by atoms with Crippen molar-refractivity contribution >= 4 is 11.8 Å². The highest BCUT2D eigenvalue weighted by atomic mass is 32.2. The van der Waals surface area contributed by atoms with Crippen molar-refractivity contribution in [1.29, 1.82) is 0 Å². The Morgan fingerprint density at radius 1 is 1.36 bits per heavy atom. The second-order valence-electron chi connectivity index (χ2n) is 2.53. The molecule has 0 aromatic rings. The van der Waals surface area contributed by atoms with Crippen LogP contribution < -0.4 is 5.32 Å². The van der Waals surface area contributed by atoms with Crippen molar-refractivity contribution in [2.45, 2.75) is 19.3 Å². The van der Waals surface area contributed by atoms with Gasteiger partial charge in [0.1, 0.15) is 0 Å². The summed E-state index contributed by atoms with van der Waals surface area (Å²) in [6.45, 7) is 5.98. The van der Waals surface area contributed by atoms with Crippen molar-refractivity contribution in [3.05, 3.63) is 12.7 Å². The molecule has 0 saturated carbocycles. The van der Waals surface area contributed by atoms with E-state index < -0.39 is 0 Å². The molecule has 0 rings (SSSR count). The van der Waals surface area contributed by atoms with Crippen LogP contribution in [0.25, 0.3) is 0 Å². The summed E-state index contributed by atoms with van der Waals surface area (Å²) in [5.41, 5.74) is 0. The fraction of sp³-hybridized carbons (Fsp3) is 0.778. The summed E-state index contributed by atoms with van der Waals surface area (Å²) in [5, 5.41) is 3.39. The van der Waals surface area contributed by atoms with E-state index in [2.05, 4.69) is 18.2 Å². The lowest BCUT2D eigenvalue weighted by Gasteiger charge is -2.01. The lowest BCUT2D eigenvalue weighted by Crippen LogP contribution is -2.16. The van der Waals surface area contributed by atoms with Gasteiger partial charge in [0, 0.05) is 0 Å². The summed E-state index contributed by atoms with van der Waals surface area (Å²) in [6, 6.07) is 0. The fourth-order valence-electron chi connectivity index (χ4n) is 0.838. The van der Waals surface area contributed by atoms with E-state index in [1.807, 2.05) is 17.8 Å². The molecular weight excluding hydrogens is 154 g/mol. The zero-order valence-corrected chi connectivity index (χ0v) is 8.25. The Kier molecular flexibility index (Phi) is 10.1. The molecule has 0 unspecified atom stereocenters. The first-order valence-corrected chi connectivity index (χ1v) is 5.61. The van der Waals surface area contributed by atoms with Crippen LogP contribution in [0.4, 0.5) is 0 Å². The molecule has 0 aromatic carbocycles. The molecule has 0 aliphatic carbocycles. The summed E-state index contributed by atoms with van der Waals surface area (Å²) in [4.78, 5) is 0. The Labute approximate surface area is 74.6 Å². The summed E-state index contributed by atoms with van der Waals surface area (Å²) in [7, 11) is 0. The van der Waals surface area contributed by atoms with E-state index in [0.717, 1.165) is 19.5 Å². The van der Waals surface area contributed by atoms with Crippen LogP contribution in [0, 0.1) is 0 Å². The number of allylic oxidation sites excluding steroid dienone is 1. The minimum Gasteiger partial charge on any atom is -0.317 e. The van der Waals surface area contributed by atoms with Gasteiger partial charge in [-0.05, 0) is 44.4 Å². The van der Waals surface area contributed by atoms with Gasteiger partial charge in [-0.2, -0.15) is 11.8 Å². The standard InChI is InChI=1S/C9H19NS/c1-3-4-5-7-10-8-6-9-11-2/h3,10H,1,4-9H2,2H3. The molecule has 0 aliphatic heterocycles. The first-order chi connectivity index (χ1) is 5.41. The minimum absolute atomic E-state index is 1.13. The third kappa shape index (κ3) is 10.1. The molecule has 1 nitrogen and oxygen atoms in total. The van der Waals surface area contributed by atoms with Crippen molar-refractivity contribution < 1.29 is 0 Å². The summed E-state index contributed by atoms with van der Waals surface area (Å²) in [6.07, 6.45) is 7.77. The third-order valence-electron chi connectivity index (χ3n) is 1.46. The second-order valence-corrected chi connectivity index (χ2v) is 3.51. The van der Waals surface area contributed by atoms with Gasteiger partial charge in [0.05, 0.1) is 0 Å². The Morgan fingerprint density at radius 3 is 2.73 bits per heavy atom. The molecule has 1 N–H and O–H groups in total. The Hall–Kier alpha value is 0.0500. The molecule has 0 aromatic heterocycles. The van der Waals surface area contributed by atoms with E-state index in [1.54, 1.807) is 0 Å². The van der Waals surface area contributed by atoms with Crippen LogP contribution in [0.15, 0.2) is 12.7 Å². The zero-order valence-electron chi connectivity index (χ0n) is 7.44. The highest BCUT2D eigenvalue weighted by Gasteiger charge is 1.86. The molecule has 0 radical (unpaired) electrons. The Morgan fingerprint density at radius 2 is 2.09 bits per heavy atom. The van der Waals surface area contributed by atoms with Gasteiger partial charge in [-0.1, -0.05) is 6.08 Å². The van der Waals surface area contributed by atoms with Crippen LogP contribution in [-0.2, 0) is 0 Å². The maximum atomic E-state index is 3.68. The molecule has 0 fully saturated rings. The zero-order chi connectivity index (χ0) is 8.36. The number of rotatable bonds is 8. The first kappa shape index (κ1) is 11.1. The van der Waals surface area contributed by atoms with Crippen molar-refractivity contribution in [3.63, 3.8) is 0 Å². The van der Waals surface area contributed by atoms with E-state index >= 15 is 0 Å². The molecule has 0 bridgehead atoms. The van der Waals surface area contributed by atoms with Crippen LogP contribution in [0.5, 0.6) is 0 Å². The first-order valence-electron chi connectivity index (χ1n) is 4.22. The van der Waals surface area contributed by atoms with Crippen molar-refractivity contribution in [1.82, 2.24) is 5.32 Å². The molecule has 0 spiro atoms. The largest absolute Gasteiger partial charge is 0.317 e. The van der Waals surface area contributed by atoms with E-state index in [0.29, 0.717) is 0 Å². The fourth-order valence-corrected chi connectivity index (χ4v) is 1.27. The Balaban J connectivity index is 2.74. The number of unbranched alkanes of at least 4 members (excludes halogenated alkanes) is 1. The SMILES string of the molecule is C=CCCCNCCCSC. The van der Waals surface area contributed by atoms with Gasteiger partial charge in [0.15, 0.2) is 0 Å². The van der Waals surface area contributed by atoms with Crippen LogP contribution in [-0.4, -0.2) is 25.1 Å². The number of hydrogen-bond donors (Lipinski definition) is 1. The van der Waals surface area contributed by atoms with Crippen molar-refractivity contribution in [2.75, 3.05) is 25.1 Å². The molecule has 2 heteroatoms. The van der Waals surface area contributed by atoms with Gasteiger partial charge in [0.25, 0.3) is 0 Å². The molecule has 0 saturated heterocycles. The third-order valence-corrected chi connectivity index (χ3v) is 2.16. The normalized spacial score (nSPS) is 9.91. The summed E-state index contributed by atoms with van der Waals surface area (Å²) in [5.74, 6) is 1.27. The topological polar surface area (TPSA) is 12.0 Å². The van der Waals surface area contributed by atoms with E-state index in [1.165, 1.54) is 18.6 Å². The maximum absolute atomic E-state index is 3.68. The number of nitrogens with one attached hydrogen (secondary N) is 1. The van der Waals surface area contributed by atoms with Gasteiger partial charge in [0.2, 0.25) is 0 Å². The molecular formula is C9H19NS. The van der Waals surface area contributed by atoms with Gasteiger partial charge in [-0.15, -0.1) is 6.58 Å². The van der Waals surface area contributed by atoms with Gasteiger partial charge < -0.3 is 5.32 Å². The highest BCUT2D eigenvalue weighted by molar-refractivity contribution is 7.98. The van der Waals surface area contributed by atoms with Crippen LogP contribution in [0.2, 0.25) is 0 Å². The molecule has 11 heavy (non-hydrogen) atoms. The molecule has 0 amide bonds. The monoisotopic (exact) mass is 173 g/mol. The maximum Gasteiger partial charge on any atom is -0.00411 e. The van der Waals surface area contributed by atoms with E-state index in [4.69, 9.17) is 0 Å². The minimum atomic E-state index is 1.13. The molecule has 66 valence electrons. The van der Waals surface area contributed by atoms with Crippen molar-refractivity contribution in [3.8, 4) is 0 Å². The van der Waals surface area contributed by atoms with Crippen LogP contribution in [0.1, 0.15) is 19.3 Å².